The molecule has 0 spiro atoms. The Morgan fingerprint density at radius 2 is 2.19 bits per heavy atom. The number of rotatable bonds is 7. The highest BCUT2D eigenvalue weighted by atomic mass is 32.1. The SMILES string of the molecule is COCCNC(=S)N/N=C(/C)c1cccc(OC(F)F)c1. The third-order valence-electron chi connectivity index (χ3n) is 2.39. The van der Waals surface area contributed by atoms with Gasteiger partial charge >= 0.3 is 6.61 Å². The monoisotopic (exact) mass is 317 g/mol. The van der Waals surface area contributed by atoms with E-state index in [0.717, 1.165) is 0 Å². The molecule has 1 aromatic rings. The normalized spacial score (nSPS) is 11.4. The fraction of sp³-hybridized carbons (Fsp3) is 0.385. The Labute approximate surface area is 127 Å². The van der Waals surface area contributed by atoms with Crippen LogP contribution in [-0.4, -0.2) is 37.7 Å². The second-order valence-electron chi connectivity index (χ2n) is 3.96. The molecule has 0 saturated carbocycles. The predicted molar refractivity (Wildman–Crippen MR) is 80.9 cm³/mol. The van der Waals surface area contributed by atoms with Gasteiger partial charge in [-0.05, 0) is 31.3 Å². The number of thiocarbonyl (C=S) groups is 1. The Kier molecular flexibility index (Phi) is 7.55. The zero-order valence-corrected chi connectivity index (χ0v) is 12.5. The van der Waals surface area contributed by atoms with Crippen molar-refractivity contribution < 1.29 is 18.3 Å². The van der Waals surface area contributed by atoms with Crippen molar-refractivity contribution in [3.63, 3.8) is 0 Å². The lowest BCUT2D eigenvalue weighted by Gasteiger charge is -2.08. The summed E-state index contributed by atoms with van der Waals surface area (Å²) in [6, 6.07) is 6.28. The van der Waals surface area contributed by atoms with Crippen LogP contribution in [0.2, 0.25) is 0 Å². The lowest BCUT2D eigenvalue weighted by Crippen LogP contribution is -2.34. The van der Waals surface area contributed by atoms with Crippen LogP contribution in [0.25, 0.3) is 0 Å². The summed E-state index contributed by atoms with van der Waals surface area (Å²) in [6.45, 7) is -0.0357. The Morgan fingerprint density at radius 1 is 1.43 bits per heavy atom. The first kappa shape index (κ1) is 17.3. The van der Waals surface area contributed by atoms with E-state index in [9.17, 15) is 8.78 Å². The van der Waals surface area contributed by atoms with Crippen LogP contribution in [0.5, 0.6) is 5.75 Å². The first-order chi connectivity index (χ1) is 10.0. The topological polar surface area (TPSA) is 54.9 Å². The van der Waals surface area contributed by atoms with E-state index in [1.54, 1.807) is 26.2 Å². The quantitative estimate of drug-likeness (QED) is 0.349. The largest absolute Gasteiger partial charge is 0.435 e. The van der Waals surface area contributed by atoms with Crippen LogP contribution in [-0.2, 0) is 4.74 Å². The summed E-state index contributed by atoms with van der Waals surface area (Å²) < 4.78 is 33.5. The second kappa shape index (κ2) is 9.19. The molecule has 0 saturated heterocycles. The molecule has 0 atom stereocenters. The van der Waals surface area contributed by atoms with Crippen LogP contribution >= 0.6 is 12.2 Å². The van der Waals surface area contributed by atoms with Crippen LogP contribution in [0, 0.1) is 0 Å². The molecule has 0 aliphatic rings. The number of alkyl halides is 2. The van der Waals surface area contributed by atoms with Crippen molar-refractivity contribution >= 4 is 23.0 Å². The highest BCUT2D eigenvalue weighted by Crippen LogP contribution is 2.16. The molecule has 0 unspecified atom stereocenters. The van der Waals surface area contributed by atoms with Gasteiger partial charge in [0.15, 0.2) is 5.11 Å². The third-order valence-corrected chi connectivity index (χ3v) is 2.63. The Morgan fingerprint density at radius 3 is 2.86 bits per heavy atom. The maximum Gasteiger partial charge on any atom is 0.387 e. The minimum Gasteiger partial charge on any atom is -0.435 e. The zero-order chi connectivity index (χ0) is 15.7. The highest BCUT2D eigenvalue weighted by molar-refractivity contribution is 7.80. The highest BCUT2D eigenvalue weighted by Gasteiger charge is 2.06. The Hall–Kier alpha value is -1.80. The molecule has 116 valence electrons. The van der Waals surface area contributed by atoms with Crippen LogP contribution in [0.15, 0.2) is 29.4 Å². The number of hydrogen-bond acceptors (Lipinski definition) is 4. The van der Waals surface area contributed by atoms with Crippen LogP contribution in [0.1, 0.15) is 12.5 Å². The van der Waals surface area contributed by atoms with Crippen LogP contribution < -0.4 is 15.5 Å². The van der Waals surface area contributed by atoms with Gasteiger partial charge in [0.1, 0.15) is 5.75 Å². The Bertz CT molecular complexity index is 498. The van der Waals surface area contributed by atoms with Gasteiger partial charge in [0.05, 0.1) is 12.3 Å². The molecule has 0 aliphatic carbocycles. The number of methoxy groups -OCH3 is 1. The standard InChI is InChI=1S/C13H17F2N3O2S/c1-9(17-18-13(21)16-6-7-19-2)10-4-3-5-11(8-10)20-12(14)15/h3-5,8,12H,6-7H2,1-2H3,(H2,16,18,21)/b17-9-. The van der Waals surface area contributed by atoms with E-state index < -0.39 is 6.61 Å². The number of nitrogens with zero attached hydrogens (tertiary/aromatic N) is 1. The van der Waals surface area contributed by atoms with Gasteiger partial charge in [0.2, 0.25) is 0 Å². The molecule has 0 radical (unpaired) electrons. The molecule has 0 amide bonds. The van der Waals surface area contributed by atoms with Crippen molar-refractivity contribution in [3.05, 3.63) is 29.8 Å². The van der Waals surface area contributed by atoms with E-state index in [0.29, 0.717) is 29.5 Å². The summed E-state index contributed by atoms with van der Waals surface area (Å²) in [5.74, 6) is 0.0813. The maximum atomic E-state index is 12.2. The molecule has 0 fully saturated rings. The van der Waals surface area contributed by atoms with E-state index in [-0.39, 0.29) is 5.75 Å². The molecule has 0 aromatic heterocycles. The summed E-state index contributed by atoms with van der Waals surface area (Å²) in [5.41, 5.74) is 3.91. The van der Waals surface area contributed by atoms with Gasteiger partial charge in [-0.1, -0.05) is 12.1 Å². The third kappa shape index (κ3) is 6.96. The summed E-state index contributed by atoms with van der Waals surface area (Å²) >= 11 is 5.01. The molecule has 21 heavy (non-hydrogen) atoms. The number of halogens is 2. The fourth-order valence-electron chi connectivity index (χ4n) is 1.40. The lowest BCUT2D eigenvalue weighted by atomic mass is 10.1. The molecular formula is C13H17F2N3O2S. The number of nitrogens with one attached hydrogen (secondary N) is 2. The number of benzene rings is 1. The van der Waals surface area contributed by atoms with E-state index in [1.165, 1.54) is 12.1 Å². The summed E-state index contributed by atoms with van der Waals surface area (Å²) in [6.07, 6.45) is 0. The van der Waals surface area contributed by atoms with E-state index >= 15 is 0 Å². The van der Waals surface area contributed by atoms with Crippen molar-refractivity contribution in [3.8, 4) is 5.75 Å². The van der Waals surface area contributed by atoms with E-state index in [2.05, 4.69) is 20.6 Å². The van der Waals surface area contributed by atoms with E-state index in [4.69, 9.17) is 17.0 Å². The van der Waals surface area contributed by atoms with Crippen molar-refractivity contribution in [1.29, 1.82) is 0 Å². The van der Waals surface area contributed by atoms with Gasteiger partial charge < -0.3 is 14.8 Å². The zero-order valence-electron chi connectivity index (χ0n) is 11.7. The average molecular weight is 317 g/mol. The summed E-state index contributed by atoms with van der Waals surface area (Å²) in [4.78, 5) is 0. The average Bonchev–Trinajstić information content (AvgIpc) is 2.44. The van der Waals surface area contributed by atoms with Gasteiger partial charge in [0.25, 0.3) is 0 Å². The van der Waals surface area contributed by atoms with Gasteiger partial charge in [-0.15, -0.1) is 0 Å². The minimum atomic E-state index is -2.85. The van der Waals surface area contributed by atoms with Crippen molar-refractivity contribution in [2.75, 3.05) is 20.3 Å². The minimum absolute atomic E-state index is 0.0813. The first-order valence-electron chi connectivity index (χ1n) is 6.15. The lowest BCUT2D eigenvalue weighted by molar-refractivity contribution is -0.0498. The first-order valence-corrected chi connectivity index (χ1v) is 6.56. The summed E-state index contributed by atoms with van der Waals surface area (Å²) in [5, 5.41) is 7.32. The molecular weight excluding hydrogens is 300 g/mol. The predicted octanol–water partition coefficient (Wildman–Crippen LogP) is 2.12. The van der Waals surface area contributed by atoms with Crippen molar-refractivity contribution in [2.45, 2.75) is 13.5 Å². The fourth-order valence-corrected chi connectivity index (χ4v) is 1.55. The summed E-state index contributed by atoms with van der Waals surface area (Å²) in [7, 11) is 1.59. The van der Waals surface area contributed by atoms with Crippen molar-refractivity contribution in [1.82, 2.24) is 10.7 Å². The smallest absolute Gasteiger partial charge is 0.387 e. The molecule has 5 nitrogen and oxygen atoms in total. The van der Waals surface area contributed by atoms with Crippen molar-refractivity contribution in [2.24, 2.45) is 5.10 Å². The second-order valence-corrected chi connectivity index (χ2v) is 4.37. The molecule has 1 aromatic carbocycles. The number of hydrazone groups is 1. The molecule has 2 N–H and O–H groups in total. The van der Waals surface area contributed by atoms with E-state index in [1.807, 2.05) is 0 Å². The molecule has 0 aliphatic heterocycles. The molecule has 0 heterocycles. The van der Waals surface area contributed by atoms with Gasteiger partial charge in [-0.3, -0.25) is 5.43 Å². The molecule has 0 bridgehead atoms. The molecule has 1 rings (SSSR count). The molecule has 8 heteroatoms. The van der Waals surface area contributed by atoms with Crippen LogP contribution in [0.4, 0.5) is 8.78 Å². The van der Waals surface area contributed by atoms with Crippen LogP contribution in [0.3, 0.4) is 0 Å². The number of hydrogen-bond donors (Lipinski definition) is 2. The van der Waals surface area contributed by atoms with Gasteiger partial charge in [-0.2, -0.15) is 13.9 Å². The maximum absolute atomic E-state index is 12.2. The van der Waals surface area contributed by atoms with Gasteiger partial charge in [-0.25, -0.2) is 0 Å². The number of ether oxygens (including phenoxy) is 2. The Balaban J connectivity index is 2.59. The van der Waals surface area contributed by atoms with Gasteiger partial charge in [0, 0.05) is 19.2 Å².